The molecule has 2 N–H and O–H groups in total. The fourth-order valence-electron chi connectivity index (χ4n) is 2.05. The third-order valence-corrected chi connectivity index (χ3v) is 4.11. The summed E-state index contributed by atoms with van der Waals surface area (Å²) in [7, 11) is 1.64. The van der Waals surface area contributed by atoms with Crippen molar-refractivity contribution in [2.24, 2.45) is 0 Å². The zero-order valence-electron chi connectivity index (χ0n) is 12.1. The normalized spacial score (nSPS) is 17.4. The van der Waals surface area contributed by atoms with Crippen molar-refractivity contribution in [3.8, 4) is 5.75 Å². The molecule has 0 saturated heterocycles. The number of halogens is 1. The first-order valence-electron chi connectivity index (χ1n) is 6.91. The molecule has 4 nitrogen and oxygen atoms in total. The van der Waals surface area contributed by atoms with Crippen molar-refractivity contribution in [2.45, 2.75) is 44.8 Å². The van der Waals surface area contributed by atoms with Crippen molar-refractivity contribution in [3.63, 3.8) is 0 Å². The second-order valence-corrected chi connectivity index (χ2v) is 6.14. The summed E-state index contributed by atoms with van der Waals surface area (Å²) >= 11 is 3.48. The van der Waals surface area contributed by atoms with Crippen LogP contribution in [-0.4, -0.2) is 25.1 Å². The van der Waals surface area contributed by atoms with E-state index in [4.69, 9.17) is 4.74 Å². The van der Waals surface area contributed by atoms with E-state index < -0.39 is 0 Å². The molecular weight excluding hydrogens is 320 g/mol. The highest BCUT2D eigenvalue weighted by Crippen LogP contribution is 2.28. The van der Waals surface area contributed by atoms with E-state index in [1.807, 2.05) is 25.1 Å². The zero-order chi connectivity index (χ0) is 14.7. The SMILES string of the molecule is COc1ccc([C@@H](C)N[C@@H](C)C(=O)NC2CC2)cc1Br. The summed E-state index contributed by atoms with van der Waals surface area (Å²) in [5, 5.41) is 6.33. The third kappa shape index (κ3) is 3.96. The molecule has 0 bridgehead atoms. The Labute approximate surface area is 128 Å². The Kier molecular flexibility index (Phi) is 5.05. The van der Waals surface area contributed by atoms with E-state index in [0.717, 1.165) is 28.6 Å². The van der Waals surface area contributed by atoms with Crippen LogP contribution >= 0.6 is 15.9 Å². The lowest BCUT2D eigenvalue weighted by molar-refractivity contribution is -0.123. The predicted octanol–water partition coefficient (Wildman–Crippen LogP) is 2.78. The standard InChI is InChI=1S/C15H21BrN2O2/c1-9(11-4-7-14(20-3)13(16)8-11)17-10(2)15(19)18-12-5-6-12/h4,7-10,12,17H,5-6H2,1-3H3,(H,18,19)/t9-,10+/m1/s1. The van der Waals surface area contributed by atoms with Crippen LogP contribution in [0.15, 0.2) is 22.7 Å². The van der Waals surface area contributed by atoms with Gasteiger partial charge in [0.1, 0.15) is 5.75 Å². The molecule has 1 aromatic rings. The fraction of sp³-hybridized carbons (Fsp3) is 0.533. The Morgan fingerprint density at radius 2 is 2.10 bits per heavy atom. The van der Waals surface area contributed by atoms with Crippen molar-refractivity contribution in [1.82, 2.24) is 10.6 Å². The van der Waals surface area contributed by atoms with Gasteiger partial charge in [0.2, 0.25) is 5.91 Å². The van der Waals surface area contributed by atoms with Crippen LogP contribution < -0.4 is 15.4 Å². The number of nitrogens with one attached hydrogen (secondary N) is 2. The van der Waals surface area contributed by atoms with Gasteiger partial charge in [-0.3, -0.25) is 10.1 Å². The molecule has 1 fully saturated rings. The highest BCUT2D eigenvalue weighted by molar-refractivity contribution is 9.10. The van der Waals surface area contributed by atoms with Gasteiger partial charge >= 0.3 is 0 Å². The fourth-order valence-corrected chi connectivity index (χ4v) is 2.61. The second-order valence-electron chi connectivity index (χ2n) is 5.29. The molecule has 1 saturated carbocycles. The second kappa shape index (κ2) is 6.59. The van der Waals surface area contributed by atoms with Crippen molar-refractivity contribution in [3.05, 3.63) is 28.2 Å². The molecule has 1 amide bonds. The van der Waals surface area contributed by atoms with Crippen LogP contribution in [0, 0.1) is 0 Å². The first-order valence-corrected chi connectivity index (χ1v) is 7.70. The largest absolute Gasteiger partial charge is 0.496 e. The van der Waals surface area contributed by atoms with Crippen LogP contribution in [0.5, 0.6) is 5.75 Å². The Balaban J connectivity index is 1.94. The minimum atomic E-state index is -0.202. The Morgan fingerprint density at radius 3 is 2.65 bits per heavy atom. The molecule has 5 heteroatoms. The van der Waals surface area contributed by atoms with Crippen LogP contribution in [0.25, 0.3) is 0 Å². The van der Waals surface area contributed by atoms with Gasteiger partial charge < -0.3 is 10.1 Å². The molecule has 0 radical (unpaired) electrons. The van der Waals surface area contributed by atoms with Gasteiger partial charge in [0, 0.05) is 12.1 Å². The molecule has 0 aromatic heterocycles. The van der Waals surface area contributed by atoms with Crippen LogP contribution in [0.3, 0.4) is 0 Å². The van der Waals surface area contributed by atoms with Gasteiger partial charge in [-0.2, -0.15) is 0 Å². The summed E-state index contributed by atoms with van der Waals surface area (Å²) in [6, 6.07) is 6.24. The Hall–Kier alpha value is -1.07. The Morgan fingerprint density at radius 1 is 1.40 bits per heavy atom. The van der Waals surface area contributed by atoms with Gasteiger partial charge in [0.05, 0.1) is 17.6 Å². The van der Waals surface area contributed by atoms with Crippen molar-refractivity contribution in [1.29, 1.82) is 0 Å². The molecule has 2 atom stereocenters. The maximum Gasteiger partial charge on any atom is 0.237 e. The first-order chi connectivity index (χ1) is 9.51. The molecule has 0 aliphatic heterocycles. The molecule has 20 heavy (non-hydrogen) atoms. The average molecular weight is 341 g/mol. The maximum absolute atomic E-state index is 11.9. The van der Waals surface area contributed by atoms with Gasteiger partial charge in [-0.05, 0) is 60.3 Å². The minimum Gasteiger partial charge on any atom is -0.496 e. The van der Waals surface area contributed by atoms with E-state index in [2.05, 4.69) is 33.5 Å². The zero-order valence-corrected chi connectivity index (χ0v) is 13.7. The van der Waals surface area contributed by atoms with E-state index >= 15 is 0 Å². The highest BCUT2D eigenvalue weighted by atomic mass is 79.9. The molecular formula is C15H21BrN2O2. The van der Waals surface area contributed by atoms with Crippen LogP contribution in [0.4, 0.5) is 0 Å². The minimum absolute atomic E-state index is 0.0759. The first kappa shape index (κ1) is 15.3. The number of hydrogen-bond acceptors (Lipinski definition) is 3. The predicted molar refractivity (Wildman–Crippen MR) is 82.9 cm³/mol. The number of methoxy groups -OCH3 is 1. The number of hydrogen-bond donors (Lipinski definition) is 2. The maximum atomic E-state index is 11.9. The van der Waals surface area contributed by atoms with Gasteiger partial charge in [-0.1, -0.05) is 6.07 Å². The quantitative estimate of drug-likeness (QED) is 0.837. The summed E-state index contributed by atoms with van der Waals surface area (Å²) < 4.78 is 6.14. The summed E-state index contributed by atoms with van der Waals surface area (Å²) in [6.45, 7) is 3.95. The summed E-state index contributed by atoms with van der Waals surface area (Å²) in [4.78, 5) is 11.9. The van der Waals surface area contributed by atoms with Crippen molar-refractivity contribution >= 4 is 21.8 Å². The molecule has 1 aliphatic carbocycles. The topological polar surface area (TPSA) is 50.4 Å². The highest BCUT2D eigenvalue weighted by Gasteiger charge is 2.26. The number of benzene rings is 1. The number of carbonyl (C=O) groups excluding carboxylic acids is 1. The van der Waals surface area contributed by atoms with E-state index in [0.29, 0.717) is 6.04 Å². The molecule has 1 aromatic carbocycles. The average Bonchev–Trinajstić information content (AvgIpc) is 3.22. The molecule has 110 valence electrons. The van der Waals surface area contributed by atoms with E-state index in [9.17, 15) is 4.79 Å². The lowest BCUT2D eigenvalue weighted by Gasteiger charge is -2.20. The van der Waals surface area contributed by atoms with Gasteiger partial charge in [-0.15, -0.1) is 0 Å². The van der Waals surface area contributed by atoms with E-state index in [1.165, 1.54) is 0 Å². The van der Waals surface area contributed by atoms with Crippen molar-refractivity contribution in [2.75, 3.05) is 7.11 Å². The van der Waals surface area contributed by atoms with E-state index in [-0.39, 0.29) is 18.0 Å². The molecule has 0 spiro atoms. The van der Waals surface area contributed by atoms with Crippen LogP contribution in [0.1, 0.15) is 38.3 Å². The number of rotatable bonds is 6. The lowest BCUT2D eigenvalue weighted by Crippen LogP contribution is -2.43. The van der Waals surface area contributed by atoms with Crippen LogP contribution in [0.2, 0.25) is 0 Å². The van der Waals surface area contributed by atoms with Gasteiger partial charge in [-0.25, -0.2) is 0 Å². The summed E-state index contributed by atoms with van der Waals surface area (Å²) in [5.74, 6) is 0.882. The number of carbonyl (C=O) groups is 1. The molecule has 0 heterocycles. The van der Waals surface area contributed by atoms with Crippen molar-refractivity contribution < 1.29 is 9.53 Å². The summed E-state index contributed by atoms with van der Waals surface area (Å²) in [5.41, 5.74) is 1.11. The lowest BCUT2D eigenvalue weighted by atomic mass is 10.1. The van der Waals surface area contributed by atoms with Gasteiger partial charge in [0.25, 0.3) is 0 Å². The molecule has 0 unspecified atom stereocenters. The number of ether oxygens (including phenoxy) is 1. The Bertz CT molecular complexity index is 489. The molecule has 1 aliphatic rings. The monoisotopic (exact) mass is 340 g/mol. The molecule has 2 rings (SSSR count). The third-order valence-electron chi connectivity index (χ3n) is 3.49. The van der Waals surface area contributed by atoms with E-state index in [1.54, 1.807) is 7.11 Å². The smallest absolute Gasteiger partial charge is 0.237 e. The number of amides is 1. The summed E-state index contributed by atoms with van der Waals surface area (Å²) in [6.07, 6.45) is 2.22. The van der Waals surface area contributed by atoms with Gasteiger partial charge in [0.15, 0.2) is 0 Å². The van der Waals surface area contributed by atoms with Crippen LogP contribution in [-0.2, 0) is 4.79 Å².